The van der Waals surface area contributed by atoms with Crippen LogP contribution in [0, 0.1) is 6.07 Å². The predicted molar refractivity (Wildman–Crippen MR) is 116 cm³/mol. The van der Waals surface area contributed by atoms with E-state index in [0.717, 1.165) is 64.5 Å². The number of carbonyl (C=O) groups excluding carboxylic acids is 1. The Hall–Kier alpha value is -3.13. The monoisotopic (exact) mass is 366 g/mol. The van der Waals surface area contributed by atoms with Gasteiger partial charge in [0.1, 0.15) is 0 Å². The standard InChI is InChI=1S/C26H24NO/c1-2-3-6-15-21-22(26(28)20-13-9-5-10-14-20)16-17-24-23(21)18-25(27-24)19-11-7-4-8-12-19/h4-5,7-14,16-17,27H,2-3,6,15H2,1H3. The molecule has 0 aliphatic heterocycles. The summed E-state index contributed by atoms with van der Waals surface area (Å²) in [5.74, 6) is 0.0878. The van der Waals surface area contributed by atoms with Gasteiger partial charge in [-0.1, -0.05) is 80.4 Å². The summed E-state index contributed by atoms with van der Waals surface area (Å²) in [6, 6.07) is 27.3. The molecule has 4 rings (SSSR count). The van der Waals surface area contributed by atoms with Crippen LogP contribution in [0.3, 0.4) is 0 Å². The van der Waals surface area contributed by atoms with Crippen molar-refractivity contribution in [2.24, 2.45) is 0 Å². The van der Waals surface area contributed by atoms with Crippen LogP contribution < -0.4 is 0 Å². The number of fused-ring (bicyclic) bond motifs is 1. The van der Waals surface area contributed by atoms with Crippen molar-refractivity contribution in [3.63, 3.8) is 0 Å². The van der Waals surface area contributed by atoms with Crippen molar-refractivity contribution in [3.05, 3.63) is 95.6 Å². The number of hydrogen-bond acceptors (Lipinski definition) is 1. The van der Waals surface area contributed by atoms with Crippen LogP contribution >= 0.6 is 0 Å². The SMILES string of the molecule is CCCCCc1c(C(=O)c2ccccc2)ccc2[nH]c(-c3ccccc3)[c]c12. The van der Waals surface area contributed by atoms with Crippen LogP contribution in [0.15, 0.2) is 72.8 Å². The van der Waals surface area contributed by atoms with Gasteiger partial charge in [-0.25, -0.2) is 0 Å². The van der Waals surface area contributed by atoms with Crippen molar-refractivity contribution in [1.29, 1.82) is 0 Å². The second kappa shape index (κ2) is 8.26. The van der Waals surface area contributed by atoms with E-state index in [0.29, 0.717) is 0 Å². The molecule has 0 aliphatic rings. The molecule has 0 amide bonds. The number of H-pyrrole nitrogens is 1. The molecule has 1 radical (unpaired) electrons. The Labute approximate surface area is 166 Å². The molecule has 1 N–H and O–H groups in total. The number of rotatable bonds is 7. The van der Waals surface area contributed by atoms with Gasteiger partial charge in [0.2, 0.25) is 0 Å². The highest BCUT2D eigenvalue weighted by Gasteiger charge is 2.17. The summed E-state index contributed by atoms with van der Waals surface area (Å²) in [5.41, 5.74) is 5.75. The lowest BCUT2D eigenvalue weighted by Gasteiger charge is -2.10. The van der Waals surface area contributed by atoms with Crippen LogP contribution in [0.4, 0.5) is 0 Å². The van der Waals surface area contributed by atoms with Crippen molar-refractivity contribution < 1.29 is 4.79 Å². The lowest BCUT2D eigenvalue weighted by molar-refractivity contribution is 0.103. The summed E-state index contributed by atoms with van der Waals surface area (Å²) < 4.78 is 0. The Kier molecular flexibility index (Phi) is 5.38. The summed E-state index contributed by atoms with van der Waals surface area (Å²) in [6.45, 7) is 2.20. The average Bonchev–Trinajstić information content (AvgIpc) is 3.19. The average molecular weight is 366 g/mol. The number of unbranched alkanes of at least 4 members (excludes halogenated alkanes) is 2. The van der Waals surface area contributed by atoms with Crippen LogP contribution in [0.2, 0.25) is 0 Å². The fourth-order valence-corrected chi connectivity index (χ4v) is 3.70. The molecule has 4 aromatic rings. The fourth-order valence-electron chi connectivity index (χ4n) is 3.70. The quantitative estimate of drug-likeness (QED) is 0.290. The van der Waals surface area contributed by atoms with E-state index in [2.05, 4.69) is 30.1 Å². The molecular formula is C26H24NO. The van der Waals surface area contributed by atoms with Gasteiger partial charge in [-0.15, -0.1) is 0 Å². The molecule has 3 aromatic carbocycles. The van der Waals surface area contributed by atoms with E-state index < -0.39 is 0 Å². The van der Waals surface area contributed by atoms with Crippen LogP contribution in [0.25, 0.3) is 22.2 Å². The minimum Gasteiger partial charge on any atom is -0.354 e. The third-order valence-corrected chi connectivity index (χ3v) is 5.20. The second-order valence-electron chi connectivity index (χ2n) is 7.16. The molecule has 0 fully saturated rings. The number of aromatic amines is 1. The smallest absolute Gasteiger partial charge is 0.193 e. The Bertz CT molecular complexity index is 1080. The number of carbonyl (C=O) groups is 1. The number of aromatic nitrogens is 1. The number of hydrogen-bond donors (Lipinski definition) is 1. The van der Waals surface area contributed by atoms with Crippen molar-refractivity contribution >= 4 is 16.7 Å². The van der Waals surface area contributed by atoms with Gasteiger partial charge in [0, 0.05) is 28.1 Å². The van der Waals surface area contributed by atoms with Gasteiger partial charge in [0.25, 0.3) is 0 Å². The molecule has 2 nitrogen and oxygen atoms in total. The molecule has 1 aromatic heterocycles. The number of ketones is 1. The Morgan fingerprint density at radius 1 is 0.893 bits per heavy atom. The van der Waals surface area contributed by atoms with Crippen LogP contribution in [0.1, 0.15) is 47.7 Å². The van der Waals surface area contributed by atoms with E-state index in [4.69, 9.17) is 0 Å². The maximum absolute atomic E-state index is 13.2. The fraction of sp³-hybridized carbons (Fsp3) is 0.192. The summed E-state index contributed by atoms with van der Waals surface area (Å²) in [5, 5.41) is 1.04. The van der Waals surface area contributed by atoms with Gasteiger partial charge in [-0.2, -0.15) is 0 Å². The maximum atomic E-state index is 13.2. The normalized spacial score (nSPS) is 11.0. The zero-order valence-electron chi connectivity index (χ0n) is 16.2. The largest absolute Gasteiger partial charge is 0.354 e. The number of benzene rings is 3. The van der Waals surface area contributed by atoms with Gasteiger partial charge >= 0.3 is 0 Å². The van der Waals surface area contributed by atoms with Crippen molar-refractivity contribution in [3.8, 4) is 11.3 Å². The van der Waals surface area contributed by atoms with Gasteiger partial charge in [0.15, 0.2) is 5.78 Å². The summed E-state index contributed by atoms with van der Waals surface area (Å²) >= 11 is 0. The predicted octanol–water partition coefficient (Wildman–Crippen LogP) is 6.60. The highest BCUT2D eigenvalue weighted by Crippen LogP contribution is 2.30. The highest BCUT2D eigenvalue weighted by molar-refractivity contribution is 6.12. The number of aryl methyl sites for hydroxylation is 1. The molecular weight excluding hydrogens is 342 g/mol. The third-order valence-electron chi connectivity index (χ3n) is 5.20. The van der Waals surface area contributed by atoms with Crippen LogP contribution in [-0.4, -0.2) is 10.8 Å². The topological polar surface area (TPSA) is 32.9 Å². The lowest BCUT2D eigenvalue weighted by atomic mass is 9.92. The molecule has 0 atom stereocenters. The van der Waals surface area contributed by atoms with E-state index in [1.165, 1.54) is 0 Å². The summed E-state index contributed by atoms with van der Waals surface area (Å²) in [4.78, 5) is 16.7. The van der Waals surface area contributed by atoms with Gasteiger partial charge in [0.05, 0.1) is 5.69 Å². The molecule has 0 aliphatic carbocycles. The Morgan fingerprint density at radius 3 is 2.32 bits per heavy atom. The Balaban J connectivity index is 1.82. The molecule has 0 spiro atoms. The zero-order valence-corrected chi connectivity index (χ0v) is 16.2. The molecule has 0 saturated heterocycles. The molecule has 0 bridgehead atoms. The second-order valence-corrected chi connectivity index (χ2v) is 7.16. The first-order chi connectivity index (χ1) is 13.8. The van der Waals surface area contributed by atoms with E-state index in [-0.39, 0.29) is 5.78 Å². The first-order valence-corrected chi connectivity index (χ1v) is 10.00. The summed E-state index contributed by atoms with van der Waals surface area (Å²) in [6.07, 6.45) is 4.28. The minimum atomic E-state index is 0.0878. The molecule has 0 saturated carbocycles. The van der Waals surface area contributed by atoms with Crippen LogP contribution in [-0.2, 0) is 6.42 Å². The maximum Gasteiger partial charge on any atom is 0.193 e. The van der Waals surface area contributed by atoms with Crippen molar-refractivity contribution in [1.82, 2.24) is 4.98 Å². The van der Waals surface area contributed by atoms with Crippen molar-refractivity contribution in [2.75, 3.05) is 0 Å². The van der Waals surface area contributed by atoms with Gasteiger partial charge in [-0.3, -0.25) is 4.79 Å². The number of nitrogens with one attached hydrogen (secondary N) is 1. The molecule has 0 unspecified atom stereocenters. The minimum absolute atomic E-state index is 0.0878. The molecule has 2 heteroatoms. The van der Waals surface area contributed by atoms with Gasteiger partial charge < -0.3 is 4.98 Å². The molecule has 139 valence electrons. The van der Waals surface area contributed by atoms with Gasteiger partial charge in [-0.05, 0) is 36.1 Å². The highest BCUT2D eigenvalue weighted by atomic mass is 16.1. The van der Waals surface area contributed by atoms with E-state index >= 15 is 0 Å². The van der Waals surface area contributed by atoms with Crippen molar-refractivity contribution in [2.45, 2.75) is 32.6 Å². The summed E-state index contributed by atoms with van der Waals surface area (Å²) in [7, 11) is 0. The van der Waals surface area contributed by atoms with E-state index in [1.54, 1.807) is 0 Å². The third kappa shape index (κ3) is 3.63. The Morgan fingerprint density at radius 2 is 1.61 bits per heavy atom. The first-order valence-electron chi connectivity index (χ1n) is 10.00. The molecule has 1 heterocycles. The first kappa shape index (κ1) is 18.2. The van der Waals surface area contributed by atoms with E-state index in [9.17, 15) is 4.79 Å². The lowest BCUT2D eigenvalue weighted by Crippen LogP contribution is -2.06. The van der Waals surface area contributed by atoms with E-state index in [1.807, 2.05) is 60.7 Å². The molecule has 28 heavy (non-hydrogen) atoms. The van der Waals surface area contributed by atoms with Crippen LogP contribution in [0.5, 0.6) is 0 Å². The zero-order chi connectivity index (χ0) is 19.3.